The van der Waals surface area contributed by atoms with Crippen LogP contribution in [-0.2, 0) is 14.4 Å². The summed E-state index contributed by atoms with van der Waals surface area (Å²) in [6, 6.07) is 15.8. The second-order valence-corrected chi connectivity index (χ2v) is 9.27. The molecule has 1 aromatic carbocycles. The van der Waals surface area contributed by atoms with E-state index in [-0.39, 0.29) is 29.2 Å². The Morgan fingerprint density at radius 3 is 2.59 bits per heavy atom. The van der Waals surface area contributed by atoms with Crippen LogP contribution in [-0.4, -0.2) is 64.1 Å². The number of hydrogen-bond acceptors (Lipinski definition) is 5. The summed E-state index contributed by atoms with van der Waals surface area (Å²) < 4.78 is 0. The van der Waals surface area contributed by atoms with E-state index in [1.807, 2.05) is 53.1 Å². The van der Waals surface area contributed by atoms with Gasteiger partial charge in [0, 0.05) is 38.3 Å². The summed E-state index contributed by atoms with van der Waals surface area (Å²) in [7, 11) is 0. The van der Waals surface area contributed by atoms with E-state index in [1.54, 1.807) is 6.20 Å². The Morgan fingerprint density at radius 1 is 1.09 bits per heavy atom. The number of nitrogens with zero attached hydrogens (tertiary/aromatic N) is 4. The van der Waals surface area contributed by atoms with Crippen LogP contribution in [0.1, 0.15) is 43.9 Å². The lowest BCUT2D eigenvalue weighted by Gasteiger charge is -2.41. The molecular formula is C25H28N4O3. The molecule has 4 atom stereocenters. The number of amides is 2. The minimum atomic E-state index is -0.625. The lowest BCUT2D eigenvalue weighted by molar-refractivity contribution is -0.151. The van der Waals surface area contributed by atoms with Crippen LogP contribution in [0, 0.1) is 5.41 Å². The summed E-state index contributed by atoms with van der Waals surface area (Å²) in [4.78, 5) is 39.9. The molecule has 1 aromatic heterocycles. The molecule has 5 rings (SSSR count). The van der Waals surface area contributed by atoms with Gasteiger partial charge >= 0.3 is 0 Å². The number of carbonyl (C=O) groups is 2. The van der Waals surface area contributed by atoms with Crippen LogP contribution in [0.4, 0.5) is 0 Å². The van der Waals surface area contributed by atoms with E-state index in [1.165, 1.54) is 5.56 Å². The van der Waals surface area contributed by atoms with Gasteiger partial charge < -0.3 is 14.6 Å². The van der Waals surface area contributed by atoms with Crippen molar-refractivity contribution in [1.29, 1.82) is 0 Å². The largest absolute Gasteiger partial charge is 0.382 e. The van der Waals surface area contributed by atoms with E-state index in [4.69, 9.17) is 4.84 Å². The molecule has 2 unspecified atom stereocenters. The van der Waals surface area contributed by atoms with Gasteiger partial charge in [-0.3, -0.25) is 14.6 Å². The summed E-state index contributed by atoms with van der Waals surface area (Å²) in [5.74, 6) is 0.405. The van der Waals surface area contributed by atoms with Gasteiger partial charge in [-0.1, -0.05) is 48.5 Å². The van der Waals surface area contributed by atoms with Crippen LogP contribution < -0.4 is 0 Å². The molecule has 1 saturated carbocycles. The van der Waals surface area contributed by atoms with Gasteiger partial charge in [0.05, 0.1) is 11.1 Å². The zero-order valence-corrected chi connectivity index (χ0v) is 18.5. The Labute approximate surface area is 188 Å². The molecule has 0 radical (unpaired) electrons. The molecule has 32 heavy (non-hydrogen) atoms. The van der Waals surface area contributed by atoms with Crippen LogP contribution in [0.25, 0.3) is 0 Å². The highest BCUT2D eigenvalue weighted by atomic mass is 16.6. The number of pyridine rings is 1. The van der Waals surface area contributed by atoms with Crippen molar-refractivity contribution in [3.8, 4) is 0 Å². The molecule has 1 saturated heterocycles. The summed E-state index contributed by atoms with van der Waals surface area (Å²) >= 11 is 0. The maximum Gasteiger partial charge on any atom is 0.267 e. The fourth-order valence-electron chi connectivity index (χ4n) is 4.98. The number of benzene rings is 1. The highest BCUT2D eigenvalue weighted by Crippen LogP contribution is 2.60. The topological polar surface area (TPSA) is 75.1 Å². The number of rotatable bonds is 4. The lowest BCUT2D eigenvalue weighted by Crippen LogP contribution is -2.58. The van der Waals surface area contributed by atoms with Crippen LogP contribution >= 0.6 is 0 Å². The van der Waals surface area contributed by atoms with Crippen molar-refractivity contribution in [3.63, 3.8) is 0 Å². The fourth-order valence-corrected chi connectivity index (χ4v) is 4.98. The lowest BCUT2D eigenvalue weighted by atomic mass is 9.98. The minimum Gasteiger partial charge on any atom is -0.382 e. The first-order valence-electron chi connectivity index (χ1n) is 11.3. The average molecular weight is 433 g/mol. The molecule has 3 aliphatic rings. The standard InChI is InChI=1S/C25H28N4O3/c1-17-16-28(24(31)25(2)15-19(25)18-8-4-3-5-9-18)12-13-29(17)23(30)22-14-21(27-32-22)20-10-6-7-11-26-20/h3-11,17,19,22H,12-16H2,1-2H3/t17?,19-,22?,25+/m1/s1. The maximum atomic E-state index is 13.3. The SMILES string of the molecule is CC1CN(C(=O)[C@@]2(C)C[C@@H]2c2ccccc2)CCN1C(=O)C1CC(c2ccccn2)=NO1. The Kier molecular flexibility index (Phi) is 5.19. The molecule has 7 nitrogen and oxygen atoms in total. The zero-order valence-electron chi connectivity index (χ0n) is 18.5. The molecule has 0 N–H and O–H groups in total. The van der Waals surface area contributed by atoms with Crippen molar-refractivity contribution in [2.24, 2.45) is 10.6 Å². The van der Waals surface area contributed by atoms with Gasteiger partial charge in [0.25, 0.3) is 5.91 Å². The predicted octanol–water partition coefficient (Wildman–Crippen LogP) is 2.83. The van der Waals surface area contributed by atoms with Crippen molar-refractivity contribution in [1.82, 2.24) is 14.8 Å². The van der Waals surface area contributed by atoms with Crippen molar-refractivity contribution < 1.29 is 14.4 Å². The number of oxime groups is 1. The minimum absolute atomic E-state index is 0.0692. The average Bonchev–Trinajstić information content (AvgIpc) is 3.29. The molecule has 2 amide bonds. The van der Waals surface area contributed by atoms with E-state index in [0.717, 1.165) is 12.1 Å². The Morgan fingerprint density at radius 2 is 1.88 bits per heavy atom. The summed E-state index contributed by atoms with van der Waals surface area (Å²) in [6.45, 7) is 5.67. The molecule has 0 spiro atoms. The van der Waals surface area contributed by atoms with E-state index >= 15 is 0 Å². The Balaban J connectivity index is 1.18. The monoisotopic (exact) mass is 432 g/mol. The third-order valence-electron chi connectivity index (χ3n) is 7.03. The van der Waals surface area contributed by atoms with Gasteiger partial charge in [-0.2, -0.15) is 0 Å². The van der Waals surface area contributed by atoms with E-state index < -0.39 is 6.10 Å². The van der Waals surface area contributed by atoms with Crippen LogP contribution in [0.2, 0.25) is 0 Å². The van der Waals surface area contributed by atoms with Crippen molar-refractivity contribution in [2.75, 3.05) is 19.6 Å². The van der Waals surface area contributed by atoms with E-state index in [2.05, 4.69) is 29.2 Å². The normalized spacial score (nSPS) is 29.3. The number of piperazine rings is 1. The van der Waals surface area contributed by atoms with Gasteiger partial charge in [0.15, 0.2) is 0 Å². The molecule has 7 heteroatoms. The maximum absolute atomic E-state index is 13.3. The van der Waals surface area contributed by atoms with Gasteiger partial charge in [0.2, 0.25) is 12.0 Å². The first-order valence-corrected chi connectivity index (χ1v) is 11.3. The third-order valence-corrected chi connectivity index (χ3v) is 7.03. The molecule has 1 aliphatic carbocycles. The van der Waals surface area contributed by atoms with E-state index in [9.17, 15) is 9.59 Å². The first-order chi connectivity index (χ1) is 15.5. The van der Waals surface area contributed by atoms with E-state index in [0.29, 0.717) is 31.8 Å². The molecule has 3 heterocycles. The fraction of sp³-hybridized carbons (Fsp3) is 0.440. The van der Waals surface area contributed by atoms with Crippen molar-refractivity contribution >= 4 is 17.5 Å². The third kappa shape index (κ3) is 3.66. The van der Waals surface area contributed by atoms with Crippen molar-refractivity contribution in [2.45, 2.75) is 44.8 Å². The Bertz CT molecular complexity index is 1040. The molecular weight excluding hydrogens is 404 g/mol. The smallest absolute Gasteiger partial charge is 0.267 e. The molecule has 166 valence electrons. The molecule has 2 aromatic rings. The van der Waals surface area contributed by atoms with Crippen LogP contribution in [0.15, 0.2) is 59.9 Å². The first kappa shape index (κ1) is 20.7. The zero-order chi connectivity index (χ0) is 22.3. The van der Waals surface area contributed by atoms with Gasteiger partial charge in [-0.25, -0.2) is 0 Å². The predicted molar refractivity (Wildman–Crippen MR) is 120 cm³/mol. The van der Waals surface area contributed by atoms with Gasteiger partial charge in [-0.15, -0.1) is 0 Å². The molecule has 2 fully saturated rings. The summed E-state index contributed by atoms with van der Waals surface area (Å²) in [5, 5.41) is 4.09. The van der Waals surface area contributed by atoms with Crippen molar-refractivity contribution in [3.05, 3.63) is 66.0 Å². The van der Waals surface area contributed by atoms with Crippen LogP contribution in [0.5, 0.6) is 0 Å². The summed E-state index contributed by atoms with van der Waals surface area (Å²) in [6.07, 6.45) is 2.37. The number of hydrogen-bond donors (Lipinski definition) is 0. The molecule has 2 aliphatic heterocycles. The molecule has 0 bridgehead atoms. The highest BCUT2D eigenvalue weighted by molar-refractivity contribution is 6.02. The number of carbonyl (C=O) groups excluding carboxylic acids is 2. The Hall–Kier alpha value is -3.22. The van der Waals surface area contributed by atoms with Gasteiger partial charge in [-0.05, 0) is 37.0 Å². The second-order valence-electron chi connectivity index (χ2n) is 9.27. The van der Waals surface area contributed by atoms with Gasteiger partial charge in [0.1, 0.15) is 5.71 Å². The number of aromatic nitrogens is 1. The quantitative estimate of drug-likeness (QED) is 0.745. The second kappa shape index (κ2) is 8.04. The summed E-state index contributed by atoms with van der Waals surface area (Å²) in [5.41, 5.74) is 2.32. The van der Waals surface area contributed by atoms with Crippen LogP contribution in [0.3, 0.4) is 0 Å². The highest BCUT2D eigenvalue weighted by Gasteiger charge is 2.58.